The van der Waals surface area contributed by atoms with Crippen LogP contribution in [0.2, 0.25) is 0 Å². The number of alkyl carbamates (subject to hydrolysis) is 2. The zero-order valence-corrected chi connectivity index (χ0v) is 31.4. The molecular formula is C34H48BrN5O10. The third-order valence-electron chi connectivity index (χ3n) is 5.95. The Morgan fingerprint density at radius 2 is 1.10 bits per heavy atom. The third-order valence-corrected chi connectivity index (χ3v) is 6.27. The van der Waals surface area contributed by atoms with Crippen molar-refractivity contribution in [3.8, 4) is 11.5 Å². The van der Waals surface area contributed by atoms with Crippen molar-refractivity contribution < 1.29 is 47.6 Å². The van der Waals surface area contributed by atoms with Crippen LogP contribution < -0.4 is 20.1 Å². The van der Waals surface area contributed by atoms with E-state index in [1.807, 2.05) is 24.3 Å². The predicted molar refractivity (Wildman–Crippen MR) is 189 cm³/mol. The van der Waals surface area contributed by atoms with Crippen molar-refractivity contribution in [3.63, 3.8) is 0 Å². The summed E-state index contributed by atoms with van der Waals surface area (Å²) in [5, 5.41) is 9.20. The number of nitrogens with zero attached hydrogens (tertiary/aromatic N) is 3. The van der Waals surface area contributed by atoms with Crippen LogP contribution in [0.4, 0.5) is 9.59 Å². The van der Waals surface area contributed by atoms with Gasteiger partial charge in [-0.05, 0) is 82.5 Å². The van der Waals surface area contributed by atoms with E-state index in [1.165, 1.54) is 14.2 Å². The molecule has 0 aliphatic heterocycles. The van der Waals surface area contributed by atoms with Gasteiger partial charge in [-0.2, -0.15) is 0 Å². The van der Waals surface area contributed by atoms with Crippen molar-refractivity contribution in [2.75, 3.05) is 39.3 Å². The minimum absolute atomic E-state index is 0.239. The molecule has 2 amide bonds. The monoisotopic (exact) mass is 765 g/mol. The average Bonchev–Trinajstić information content (AvgIpc) is 3.04. The quantitative estimate of drug-likeness (QED) is 0.0409. The largest absolute Gasteiger partial charge is 0.493 e. The van der Waals surface area contributed by atoms with E-state index in [1.54, 1.807) is 65.8 Å². The van der Waals surface area contributed by atoms with E-state index in [2.05, 4.69) is 36.6 Å². The molecule has 15 nitrogen and oxygen atoms in total. The summed E-state index contributed by atoms with van der Waals surface area (Å²) in [5.41, 5.74) is 8.57. The molecule has 2 aromatic rings. The highest BCUT2D eigenvalue weighted by atomic mass is 79.9. The molecule has 2 aromatic carbocycles. The molecule has 50 heavy (non-hydrogen) atoms. The second kappa shape index (κ2) is 22.1. The molecule has 2 atom stereocenters. The number of nitrogens with one attached hydrogen (secondary N) is 2. The number of amides is 2. The molecule has 2 rings (SSSR count). The number of methoxy groups -OCH3 is 2. The second-order valence-corrected chi connectivity index (χ2v) is 13.3. The van der Waals surface area contributed by atoms with Crippen LogP contribution in [0.25, 0.3) is 10.4 Å². The summed E-state index contributed by atoms with van der Waals surface area (Å²) in [5.74, 6) is 0.260. The highest BCUT2D eigenvalue weighted by Gasteiger charge is 2.26. The zero-order valence-electron chi connectivity index (χ0n) is 29.8. The first-order valence-electron chi connectivity index (χ1n) is 15.6. The summed E-state index contributed by atoms with van der Waals surface area (Å²) in [4.78, 5) is 50.3. The number of carbonyl (C=O) groups excluding carboxylic acids is 4. The molecule has 0 spiro atoms. The van der Waals surface area contributed by atoms with E-state index in [0.717, 1.165) is 22.2 Å². The van der Waals surface area contributed by atoms with E-state index in [0.29, 0.717) is 18.8 Å². The van der Waals surface area contributed by atoms with Crippen LogP contribution in [0.15, 0.2) is 53.6 Å². The zero-order chi connectivity index (χ0) is 37.7. The molecule has 0 unspecified atom stereocenters. The molecule has 0 aliphatic carbocycles. The first kappa shape index (κ1) is 43.3. The molecule has 0 saturated heterocycles. The predicted octanol–water partition coefficient (Wildman–Crippen LogP) is 6.05. The Kier molecular flexibility index (Phi) is 19.2. The summed E-state index contributed by atoms with van der Waals surface area (Å²) in [6.45, 7) is 11.6. The molecule has 0 radical (unpaired) electrons. The van der Waals surface area contributed by atoms with Gasteiger partial charge >= 0.3 is 24.1 Å². The summed E-state index contributed by atoms with van der Waals surface area (Å²) >= 11 is 3.29. The minimum atomic E-state index is -0.869. The molecule has 0 heterocycles. The number of halogens is 1. The number of rotatable bonds is 15. The minimum Gasteiger partial charge on any atom is -0.493 e. The molecule has 0 aromatic heterocycles. The molecule has 276 valence electrons. The van der Waals surface area contributed by atoms with Crippen molar-refractivity contribution >= 4 is 40.1 Å². The number of carbonyl (C=O) groups is 4. The van der Waals surface area contributed by atoms with Crippen LogP contribution in [0.3, 0.4) is 0 Å². The molecule has 0 aliphatic rings. The van der Waals surface area contributed by atoms with Gasteiger partial charge in [0, 0.05) is 23.1 Å². The molecular weight excluding hydrogens is 718 g/mol. The van der Waals surface area contributed by atoms with E-state index in [4.69, 9.17) is 34.0 Å². The molecule has 0 saturated carbocycles. The van der Waals surface area contributed by atoms with Gasteiger partial charge in [-0.15, -0.1) is 0 Å². The first-order valence-corrected chi connectivity index (χ1v) is 16.8. The van der Waals surface area contributed by atoms with Gasteiger partial charge in [0.1, 0.15) is 34.8 Å². The van der Waals surface area contributed by atoms with Crippen molar-refractivity contribution in [1.29, 1.82) is 0 Å². The van der Waals surface area contributed by atoms with E-state index < -0.39 is 47.4 Å². The van der Waals surface area contributed by atoms with E-state index in [9.17, 15) is 19.2 Å². The van der Waals surface area contributed by atoms with Crippen LogP contribution in [0.5, 0.6) is 11.5 Å². The number of ether oxygens (including phenoxy) is 6. The lowest BCUT2D eigenvalue weighted by Crippen LogP contribution is -2.45. The normalized spacial score (nSPS) is 11.9. The lowest BCUT2D eigenvalue weighted by molar-refractivity contribution is -0.143. The molecule has 16 heteroatoms. The third kappa shape index (κ3) is 19.3. The Morgan fingerprint density at radius 3 is 1.42 bits per heavy atom. The van der Waals surface area contributed by atoms with Gasteiger partial charge in [-0.1, -0.05) is 45.3 Å². The highest BCUT2D eigenvalue weighted by molar-refractivity contribution is 9.09. The number of esters is 2. The Bertz CT molecular complexity index is 1400. The molecule has 2 N–H and O–H groups in total. The Morgan fingerprint density at radius 1 is 0.720 bits per heavy atom. The lowest BCUT2D eigenvalue weighted by Gasteiger charge is -2.22. The van der Waals surface area contributed by atoms with Crippen LogP contribution in [-0.2, 0) is 41.4 Å². The summed E-state index contributed by atoms with van der Waals surface area (Å²) in [6, 6.07) is 12.6. The van der Waals surface area contributed by atoms with Gasteiger partial charge in [-0.25, -0.2) is 19.2 Å². The highest BCUT2D eigenvalue weighted by Crippen LogP contribution is 2.16. The number of alkyl halides is 1. The lowest BCUT2D eigenvalue weighted by atomic mass is 10.1. The maximum absolute atomic E-state index is 11.9. The van der Waals surface area contributed by atoms with E-state index >= 15 is 0 Å². The van der Waals surface area contributed by atoms with Crippen LogP contribution in [0.1, 0.15) is 52.7 Å². The molecule has 0 bridgehead atoms. The fraction of sp³-hybridized carbons (Fsp3) is 0.529. The smallest absolute Gasteiger partial charge is 0.408 e. The summed E-state index contributed by atoms with van der Waals surface area (Å²) in [6.07, 6.45) is -0.809. The molecule has 0 fully saturated rings. The fourth-order valence-corrected chi connectivity index (χ4v) is 4.05. The second-order valence-electron chi connectivity index (χ2n) is 12.5. The number of azide groups is 1. The summed E-state index contributed by atoms with van der Waals surface area (Å²) < 4.78 is 30.7. The SMILES string of the molecule is COC(=O)[C@H](Cc1ccc(OCCBr)cc1)NC(=O)OC(C)(C)C.COC(=O)[C@H](Cc1ccc(OCCN=[N+]=[N-])cc1)NC(=O)OC(C)(C)C. The van der Waals surface area contributed by atoms with Gasteiger partial charge in [-0.3, -0.25) is 0 Å². The fourth-order valence-electron chi connectivity index (χ4n) is 3.89. The van der Waals surface area contributed by atoms with Gasteiger partial charge in [0.05, 0.1) is 34.0 Å². The Hall–Kier alpha value is -4.69. The maximum Gasteiger partial charge on any atom is 0.408 e. The topological polar surface area (TPSA) is 196 Å². The van der Waals surface area contributed by atoms with Crippen molar-refractivity contribution in [2.45, 2.75) is 77.7 Å². The average molecular weight is 767 g/mol. The standard InChI is InChI=1S/C17H24BrNO5.C17H24N4O5/c1-17(2,3)24-16(21)19-14(15(20)22-4)11-12-5-7-13(8-6-12)23-10-9-18;1-17(2,3)26-16(23)20-14(15(22)24-4)11-12-5-7-13(8-6-12)25-10-9-19-21-18/h5-8,14H,9-11H2,1-4H3,(H,19,21);5-8,14H,9-11H2,1-4H3,(H,20,23)/t2*14-/m00/s1. The van der Waals surface area contributed by atoms with E-state index in [-0.39, 0.29) is 19.6 Å². The van der Waals surface area contributed by atoms with Crippen LogP contribution in [-0.4, -0.2) is 86.7 Å². The van der Waals surface area contributed by atoms with Crippen molar-refractivity contribution in [3.05, 3.63) is 70.1 Å². The maximum atomic E-state index is 11.9. The number of hydrogen-bond acceptors (Lipinski definition) is 11. The van der Waals surface area contributed by atoms with Gasteiger partial charge in [0.25, 0.3) is 0 Å². The van der Waals surface area contributed by atoms with Crippen molar-refractivity contribution in [1.82, 2.24) is 10.6 Å². The summed E-state index contributed by atoms with van der Waals surface area (Å²) in [7, 11) is 2.54. The van der Waals surface area contributed by atoms with Crippen LogP contribution in [0, 0.1) is 0 Å². The van der Waals surface area contributed by atoms with Crippen LogP contribution >= 0.6 is 15.9 Å². The van der Waals surface area contributed by atoms with Crippen molar-refractivity contribution in [2.24, 2.45) is 5.11 Å². The number of benzene rings is 2. The Labute approximate surface area is 301 Å². The number of hydrogen-bond donors (Lipinski definition) is 2. The van der Waals surface area contributed by atoms with Gasteiger partial charge < -0.3 is 39.1 Å². The van der Waals surface area contributed by atoms with Gasteiger partial charge in [0.15, 0.2) is 0 Å². The first-order chi connectivity index (χ1) is 23.5. The Balaban J connectivity index is 0.000000502. The van der Waals surface area contributed by atoms with Gasteiger partial charge in [0.2, 0.25) is 0 Å².